The van der Waals surface area contributed by atoms with Crippen LogP contribution < -0.4 is 5.32 Å². The van der Waals surface area contributed by atoms with Gasteiger partial charge in [0.05, 0.1) is 18.1 Å². The van der Waals surface area contributed by atoms with E-state index in [1.165, 1.54) is 11.1 Å². The van der Waals surface area contributed by atoms with Crippen molar-refractivity contribution >= 4 is 16.9 Å². The molecule has 1 aliphatic heterocycles. The summed E-state index contributed by atoms with van der Waals surface area (Å²) in [4.78, 5) is 14.5. The number of amides is 1. The molecule has 28 heavy (non-hydrogen) atoms. The van der Waals surface area contributed by atoms with Gasteiger partial charge in [-0.3, -0.25) is 9.69 Å². The van der Waals surface area contributed by atoms with E-state index in [0.29, 0.717) is 19.1 Å². The van der Waals surface area contributed by atoms with Gasteiger partial charge in [-0.1, -0.05) is 41.1 Å². The molecule has 0 unspecified atom stereocenters. The fraction of sp³-hybridized carbons (Fsp3) is 0.409. The number of nitrogens with zero attached hydrogens (tertiary/aromatic N) is 4. The van der Waals surface area contributed by atoms with Crippen LogP contribution in [0, 0.1) is 13.8 Å². The van der Waals surface area contributed by atoms with E-state index in [1.807, 2.05) is 0 Å². The molecular formula is C22H27N5O. The van der Waals surface area contributed by atoms with Crippen molar-refractivity contribution in [3.63, 3.8) is 0 Å². The monoisotopic (exact) mass is 377 g/mol. The number of carbonyl (C=O) groups is 1. The molecule has 1 N–H and O–H groups in total. The van der Waals surface area contributed by atoms with Crippen LogP contribution in [0.5, 0.6) is 0 Å². The molecule has 0 spiro atoms. The average Bonchev–Trinajstić information content (AvgIpc) is 3.11. The molecule has 0 radical (unpaired) electrons. The van der Waals surface area contributed by atoms with Gasteiger partial charge in [0.15, 0.2) is 0 Å². The molecule has 6 heteroatoms. The molecular weight excluding hydrogens is 350 g/mol. The van der Waals surface area contributed by atoms with E-state index in [4.69, 9.17) is 0 Å². The van der Waals surface area contributed by atoms with Crippen molar-refractivity contribution < 1.29 is 4.79 Å². The van der Waals surface area contributed by atoms with Gasteiger partial charge in [-0.15, -0.1) is 5.10 Å². The van der Waals surface area contributed by atoms with Crippen LogP contribution in [0.2, 0.25) is 0 Å². The topological polar surface area (TPSA) is 63.1 Å². The predicted molar refractivity (Wildman–Crippen MR) is 110 cm³/mol. The van der Waals surface area contributed by atoms with E-state index in [-0.39, 0.29) is 5.91 Å². The molecule has 0 bridgehead atoms. The Morgan fingerprint density at radius 3 is 2.54 bits per heavy atom. The second-order valence-electron chi connectivity index (χ2n) is 7.80. The number of hydrogen-bond donors (Lipinski definition) is 1. The van der Waals surface area contributed by atoms with E-state index in [9.17, 15) is 4.79 Å². The van der Waals surface area contributed by atoms with Crippen LogP contribution in [0.3, 0.4) is 0 Å². The average molecular weight is 377 g/mol. The summed E-state index contributed by atoms with van der Waals surface area (Å²) in [5.41, 5.74) is 5.61. The van der Waals surface area contributed by atoms with Gasteiger partial charge in [0, 0.05) is 19.6 Å². The first-order valence-electron chi connectivity index (χ1n) is 9.94. The number of benzene rings is 2. The van der Waals surface area contributed by atoms with Gasteiger partial charge in [-0.2, -0.15) is 0 Å². The number of aromatic nitrogens is 3. The van der Waals surface area contributed by atoms with Crippen LogP contribution >= 0.6 is 0 Å². The van der Waals surface area contributed by atoms with Gasteiger partial charge in [-0.25, -0.2) is 4.68 Å². The third-order valence-corrected chi connectivity index (χ3v) is 5.51. The molecule has 0 saturated carbocycles. The van der Waals surface area contributed by atoms with Crippen LogP contribution in [0.15, 0.2) is 42.5 Å². The summed E-state index contributed by atoms with van der Waals surface area (Å²) in [6.07, 6.45) is 1.97. The quantitative estimate of drug-likeness (QED) is 0.742. The summed E-state index contributed by atoms with van der Waals surface area (Å²) in [6, 6.07) is 14.9. The Morgan fingerprint density at radius 2 is 1.79 bits per heavy atom. The Kier molecular flexibility index (Phi) is 5.39. The second kappa shape index (κ2) is 8.10. The van der Waals surface area contributed by atoms with Crippen LogP contribution in [-0.2, 0) is 11.3 Å². The molecule has 2 aromatic carbocycles. The smallest absolute Gasteiger partial charge is 0.234 e. The molecule has 1 saturated heterocycles. The van der Waals surface area contributed by atoms with E-state index >= 15 is 0 Å². The lowest BCUT2D eigenvalue weighted by molar-refractivity contribution is -0.122. The van der Waals surface area contributed by atoms with Gasteiger partial charge in [-0.05, 0) is 49.9 Å². The highest BCUT2D eigenvalue weighted by molar-refractivity contribution is 5.78. The summed E-state index contributed by atoms with van der Waals surface area (Å²) in [5.74, 6) is 0.0840. The first-order valence-corrected chi connectivity index (χ1v) is 9.94. The Bertz CT molecular complexity index is 955. The van der Waals surface area contributed by atoms with Gasteiger partial charge in [0.2, 0.25) is 5.91 Å². The first kappa shape index (κ1) is 18.6. The molecule has 1 aromatic heterocycles. The van der Waals surface area contributed by atoms with Crippen molar-refractivity contribution in [1.82, 2.24) is 25.2 Å². The number of likely N-dealkylation sites (tertiary alicyclic amines) is 1. The standard InChI is InChI=1S/C22H27N5O/c1-16-3-6-18(7-4-16)14-23-22(28)15-26-11-9-19(10-12-26)27-21-8-5-17(2)13-20(21)24-25-27/h3-8,13,19H,9-12,14-15H2,1-2H3,(H,23,28). The van der Waals surface area contributed by atoms with Crippen molar-refractivity contribution in [3.05, 3.63) is 59.2 Å². The minimum absolute atomic E-state index is 0.0840. The van der Waals surface area contributed by atoms with Gasteiger partial charge in [0.25, 0.3) is 0 Å². The van der Waals surface area contributed by atoms with Gasteiger partial charge < -0.3 is 5.32 Å². The Hall–Kier alpha value is -2.73. The third kappa shape index (κ3) is 4.22. The van der Waals surface area contributed by atoms with Gasteiger partial charge >= 0.3 is 0 Å². The maximum atomic E-state index is 12.3. The molecule has 6 nitrogen and oxygen atoms in total. The fourth-order valence-corrected chi connectivity index (χ4v) is 3.81. The van der Waals surface area contributed by atoms with Crippen LogP contribution in [0.4, 0.5) is 0 Å². The van der Waals surface area contributed by atoms with E-state index < -0.39 is 0 Å². The molecule has 4 rings (SSSR count). The van der Waals surface area contributed by atoms with Crippen molar-refractivity contribution in [1.29, 1.82) is 0 Å². The molecule has 0 atom stereocenters. The summed E-state index contributed by atoms with van der Waals surface area (Å²) in [7, 11) is 0. The lowest BCUT2D eigenvalue weighted by Gasteiger charge is -2.31. The number of aryl methyl sites for hydroxylation is 2. The van der Waals surface area contributed by atoms with Crippen molar-refractivity contribution in [3.8, 4) is 0 Å². The van der Waals surface area contributed by atoms with Crippen molar-refractivity contribution in [2.24, 2.45) is 0 Å². The Labute approximate surface area is 165 Å². The first-order chi connectivity index (χ1) is 13.6. The molecule has 2 heterocycles. The summed E-state index contributed by atoms with van der Waals surface area (Å²) >= 11 is 0. The number of fused-ring (bicyclic) bond motifs is 1. The Morgan fingerprint density at radius 1 is 1.07 bits per heavy atom. The van der Waals surface area contributed by atoms with Crippen LogP contribution in [-0.4, -0.2) is 45.4 Å². The van der Waals surface area contributed by atoms with Gasteiger partial charge in [0.1, 0.15) is 5.52 Å². The second-order valence-corrected chi connectivity index (χ2v) is 7.80. The molecule has 1 fully saturated rings. The minimum atomic E-state index is 0.0840. The zero-order valence-corrected chi connectivity index (χ0v) is 16.6. The Balaban J connectivity index is 1.27. The highest BCUT2D eigenvalue weighted by atomic mass is 16.2. The lowest BCUT2D eigenvalue weighted by Crippen LogP contribution is -2.41. The van der Waals surface area contributed by atoms with Crippen molar-refractivity contribution in [2.75, 3.05) is 19.6 Å². The number of rotatable bonds is 5. The normalized spacial score (nSPS) is 15.8. The summed E-state index contributed by atoms with van der Waals surface area (Å²) in [5, 5.41) is 11.7. The van der Waals surface area contributed by atoms with Crippen LogP contribution in [0.25, 0.3) is 11.0 Å². The van der Waals surface area contributed by atoms with E-state index in [1.54, 1.807) is 0 Å². The third-order valence-electron chi connectivity index (χ3n) is 5.51. The number of carbonyl (C=O) groups excluding carboxylic acids is 1. The molecule has 0 aliphatic carbocycles. The predicted octanol–water partition coefficient (Wildman–Crippen LogP) is 3.00. The highest BCUT2D eigenvalue weighted by Crippen LogP contribution is 2.25. The summed E-state index contributed by atoms with van der Waals surface area (Å²) < 4.78 is 2.06. The molecule has 1 aliphatic rings. The summed E-state index contributed by atoms with van der Waals surface area (Å²) in [6.45, 7) is 6.97. The molecule has 146 valence electrons. The lowest BCUT2D eigenvalue weighted by atomic mass is 10.0. The fourth-order valence-electron chi connectivity index (χ4n) is 3.81. The zero-order valence-electron chi connectivity index (χ0n) is 16.6. The van der Waals surface area contributed by atoms with E-state index in [0.717, 1.165) is 42.5 Å². The zero-order chi connectivity index (χ0) is 19.5. The largest absolute Gasteiger partial charge is 0.351 e. The van der Waals surface area contributed by atoms with Crippen LogP contribution in [0.1, 0.15) is 35.6 Å². The maximum Gasteiger partial charge on any atom is 0.234 e. The highest BCUT2D eigenvalue weighted by Gasteiger charge is 2.24. The number of nitrogens with one attached hydrogen (secondary N) is 1. The molecule has 1 amide bonds. The van der Waals surface area contributed by atoms with Crippen molar-refractivity contribution in [2.45, 2.75) is 39.3 Å². The minimum Gasteiger partial charge on any atom is -0.351 e. The SMILES string of the molecule is Cc1ccc(CNC(=O)CN2CCC(n3nnc4cc(C)ccc43)CC2)cc1. The maximum absolute atomic E-state index is 12.3. The number of piperidine rings is 1. The van der Waals surface area contributed by atoms with E-state index in [2.05, 4.69) is 81.5 Å². The number of hydrogen-bond acceptors (Lipinski definition) is 4. The molecule has 3 aromatic rings.